The van der Waals surface area contributed by atoms with E-state index in [0.717, 1.165) is 11.3 Å². The predicted octanol–water partition coefficient (Wildman–Crippen LogP) is 6.01. The van der Waals surface area contributed by atoms with Gasteiger partial charge in [-0.25, -0.2) is 14.6 Å². The van der Waals surface area contributed by atoms with Crippen LogP contribution < -0.4 is 5.32 Å². The Morgan fingerprint density at radius 3 is 2.53 bits per heavy atom. The molecule has 0 fully saturated rings. The minimum absolute atomic E-state index is 0.131. The molecule has 168 valence electrons. The number of rotatable bonds is 5. The maximum atomic E-state index is 12.9. The van der Waals surface area contributed by atoms with Crippen molar-refractivity contribution in [1.82, 2.24) is 19.7 Å². The van der Waals surface area contributed by atoms with Crippen LogP contribution in [0, 0.1) is 10.1 Å². The molecule has 3 aromatic heterocycles. The molecule has 1 amide bonds. The fraction of sp³-hybridized carbons (Fsp3) is 0. The van der Waals surface area contributed by atoms with Gasteiger partial charge in [-0.2, -0.15) is 5.10 Å². The largest absolute Gasteiger partial charge is 0.324 e. The van der Waals surface area contributed by atoms with Gasteiger partial charge in [0.25, 0.3) is 5.91 Å². The van der Waals surface area contributed by atoms with E-state index in [1.807, 2.05) is 6.07 Å². The number of nitrogens with one attached hydrogen (secondary N) is 1. The quantitative estimate of drug-likeness (QED) is 0.228. The molecule has 0 aliphatic heterocycles. The summed E-state index contributed by atoms with van der Waals surface area (Å²) in [6.45, 7) is 0. The van der Waals surface area contributed by atoms with Crippen LogP contribution >= 0.6 is 34.5 Å². The van der Waals surface area contributed by atoms with Crippen LogP contribution in [0.1, 0.15) is 9.67 Å². The Hall–Kier alpha value is -3.86. The molecule has 2 aromatic carbocycles. The summed E-state index contributed by atoms with van der Waals surface area (Å²) in [6.07, 6.45) is 1.54. The number of carbonyl (C=O) groups excluding carboxylic acids is 1. The van der Waals surface area contributed by atoms with Gasteiger partial charge in [-0.05, 0) is 48.5 Å². The van der Waals surface area contributed by atoms with Gasteiger partial charge in [0.15, 0.2) is 11.5 Å². The average Bonchev–Trinajstić information content (AvgIpc) is 3.48. The van der Waals surface area contributed by atoms with Gasteiger partial charge < -0.3 is 5.32 Å². The smallest absolute Gasteiger partial charge is 0.305 e. The first-order valence-electron chi connectivity index (χ1n) is 9.72. The van der Waals surface area contributed by atoms with Gasteiger partial charge >= 0.3 is 5.00 Å². The van der Waals surface area contributed by atoms with Gasteiger partial charge in [-0.15, -0.1) is 0 Å². The number of thiophene rings is 1. The highest BCUT2D eigenvalue weighted by molar-refractivity contribution is 7.17. The van der Waals surface area contributed by atoms with Crippen molar-refractivity contribution in [2.24, 2.45) is 0 Å². The lowest BCUT2D eigenvalue weighted by molar-refractivity contribution is -0.380. The van der Waals surface area contributed by atoms with Gasteiger partial charge in [0.2, 0.25) is 0 Å². The lowest BCUT2D eigenvalue weighted by atomic mass is 10.2. The van der Waals surface area contributed by atoms with E-state index in [2.05, 4.69) is 20.4 Å². The summed E-state index contributed by atoms with van der Waals surface area (Å²) in [7, 11) is 0. The second-order valence-electron chi connectivity index (χ2n) is 7.03. The van der Waals surface area contributed by atoms with Gasteiger partial charge in [-0.3, -0.25) is 14.9 Å². The number of aromatic nitrogens is 4. The molecule has 1 N–H and O–H groups in total. The van der Waals surface area contributed by atoms with Crippen LogP contribution in [0.2, 0.25) is 10.0 Å². The molecule has 12 heteroatoms. The van der Waals surface area contributed by atoms with E-state index in [4.69, 9.17) is 23.2 Å². The summed E-state index contributed by atoms with van der Waals surface area (Å²) in [6, 6.07) is 16.7. The molecule has 5 rings (SSSR count). The molecule has 3 heterocycles. The number of carbonyl (C=O) groups is 1. The Morgan fingerprint density at radius 1 is 1.03 bits per heavy atom. The van der Waals surface area contributed by atoms with Gasteiger partial charge in [0.05, 0.1) is 27.1 Å². The third-order valence-electron chi connectivity index (χ3n) is 4.81. The molecule has 0 atom stereocenters. The maximum Gasteiger partial charge on any atom is 0.324 e. The maximum absolute atomic E-state index is 12.9. The molecule has 0 saturated carbocycles. The first kappa shape index (κ1) is 22.0. The molecular weight excluding hydrogens is 499 g/mol. The minimum atomic E-state index is -0.544. The van der Waals surface area contributed by atoms with E-state index in [1.165, 1.54) is 18.3 Å². The van der Waals surface area contributed by atoms with Crippen LogP contribution in [-0.4, -0.2) is 30.6 Å². The lowest BCUT2D eigenvalue weighted by Crippen LogP contribution is -2.12. The number of nitrogens with zero attached hydrogens (tertiary/aromatic N) is 5. The van der Waals surface area contributed by atoms with Crippen molar-refractivity contribution < 1.29 is 9.72 Å². The van der Waals surface area contributed by atoms with Crippen LogP contribution in [0.3, 0.4) is 0 Å². The van der Waals surface area contributed by atoms with Crippen LogP contribution in [0.5, 0.6) is 0 Å². The SMILES string of the molecule is O=C(Nc1nc(-c2ccc(Cl)cc2)nc2c1cnn2-c1cccc(Cl)c1)c1ccc([N+](=O)[O-])s1. The highest BCUT2D eigenvalue weighted by atomic mass is 35.5. The third-order valence-corrected chi connectivity index (χ3v) is 6.33. The van der Waals surface area contributed by atoms with Gasteiger partial charge in [0, 0.05) is 21.7 Å². The van der Waals surface area contributed by atoms with E-state index < -0.39 is 10.8 Å². The van der Waals surface area contributed by atoms with Crippen molar-refractivity contribution in [3.8, 4) is 17.1 Å². The second kappa shape index (κ2) is 8.82. The second-order valence-corrected chi connectivity index (χ2v) is 8.96. The zero-order chi connectivity index (χ0) is 23.8. The lowest BCUT2D eigenvalue weighted by Gasteiger charge is -2.09. The highest BCUT2D eigenvalue weighted by Gasteiger charge is 2.20. The molecule has 34 heavy (non-hydrogen) atoms. The Bertz CT molecular complexity index is 1560. The van der Waals surface area contributed by atoms with Gasteiger partial charge in [-0.1, -0.05) is 40.6 Å². The fourth-order valence-corrected chi connectivity index (χ4v) is 4.27. The standard InChI is InChI=1S/C22H12Cl2N6O3S/c23-13-6-4-12(5-7-13)19-26-20(28-22(31)17-8-9-18(34-17)30(32)33)16-11-25-29(21(16)27-19)15-3-1-2-14(24)10-15/h1-11H,(H,26,27,28,31). The van der Waals surface area contributed by atoms with Crippen molar-refractivity contribution in [3.63, 3.8) is 0 Å². The molecule has 5 aromatic rings. The summed E-state index contributed by atoms with van der Waals surface area (Å²) in [4.78, 5) is 32.7. The van der Waals surface area contributed by atoms with Crippen LogP contribution in [0.25, 0.3) is 28.1 Å². The summed E-state index contributed by atoms with van der Waals surface area (Å²) in [5.74, 6) is 0.0142. The van der Waals surface area contributed by atoms with Crippen molar-refractivity contribution in [2.75, 3.05) is 5.32 Å². The number of fused-ring (bicyclic) bond motifs is 1. The number of anilines is 1. The zero-order valence-corrected chi connectivity index (χ0v) is 19.3. The first-order valence-corrected chi connectivity index (χ1v) is 11.3. The van der Waals surface area contributed by atoms with Crippen LogP contribution in [0.4, 0.5) is 10.8 Å². The van der Waals surface area contributed by atoms with Crippen molar-refractivity contribution >= 4 is 62.3 Å². The van der Waals surface area contributed by atoms with Gasteiger partial charge in [0.1, 0.15) is 5.82 Å². The number of amides is 1. The monoisotopic (exact) mass is 510 g/mol. The number of hydrogen-bond acceptors (Lipinski definition) is 7. The molecule has 0 unspecified atom stereocenters. The van der Waals surface area contributed by atoms with Crippen LogP contribution in [0.15, 0.2) is 66.9 Å². The van der Waals surface area contributed by atoms with E-state index in [1.54, 1.807) is 47.1 Å². The van der Waals surface area contributed by atoms with E-state index in [9.17, 15) is 14.9 Å². The molecule has 0 aliphatic carbocycles. The number of benzene rings is 2. The molecule has 0 spiro atoms. The summed E-state index contributed by atoms with van der Waals surface area (Å²) in [5, 5.41) is 19.6. The Kier molecular flexibility index (Phi) is 5.70. The predicted molar refractivity (Wildman–Crippen MR) is 131 cm³/mol. The van der Waals surface area contributed by atoms with E-state index >= 15 is 0 Å². The summed E-state index contributed by atoms with van der Waals surface area (Å²) < 4.78 is 1.59. The molecule has 0 aliphatic rings. The number of hydrogen-bond donors (Lipinski definition) is 1. The molecule has 0 radical (unpaired) electrons. The highest BCUT2D eigenvalue weighted by Crippen LogP contribution is 2.30. The van der Waals surface area contributed by atoms with Crippen molar-refractivity contribution in [3.05, 3.63) is 91.9 Å². The first-order chi connectivity index (χ1) is 16.4. The number of nitro groups is 1. The number of halogens is 2. The Labute approximate surface area is 205 Å². The van der Waals surface area contributed by atoms with E-state index in [0.29, 0.717) is 38.2 Å². The topological polar surface area (TPSA) is 116 Å². The molecule has 9 nitrogen and oxygen atoms in total. The average molecular weight is 511 g/mol. The molecular formula is C22H12Cl2N6O3S. The fourth-order valence-electron chi connectivity index (χ4n) is 3.25. The van der Waals surface area contributed by atoms with Crippen LogP contribution in [-0.2, 0) is 0 Å². The minimum Gasteiger partial charge on any atom is -0.305 e. The van der Waals surface area contributed by atoms with E-state index in [-0.39, 0.29) is 15.7 Å². The normalized spacial score (nSPS) is 11.0. The van der Waals surface area contributed by atoms with Crippen molar-refractivity contribution in [1.29, 1.82) is 0 Å². The Balaban J connectivity index is 1.64. The summed E-state index contributed by atoms with van der Waals surface area (Å²) in [5.41, 5.74) is 1.79. The zero-order valence-electron chi connectivity index (χ0n) is 17.0. The molecule has 0 saturated heterocycles. The van der Waals surface area contributed by atoms with Crippen molar-refractivity contribution in [2.45, 2.75) is 0 Å². The molecule has 0 bridgehead atoms. The third kappa shape index (κ3) is 4.21. The summed E-state index contributed by atoms with van der Waals surface area (Å²) >= 11 is 12.9. The Morgan fingerprint density at radius 2 is 1.82 bits per heavy atom.